The molecule has 0 atom stereocenters. The first-order valence-electron chi connectivity index (χ1n) is 5.30. The molecule has 0 amide bonds. The van der Waals surface area contributed by atoms with Crippen LogP contribution in [0, 0.1) is 0 Å². The number of carbonyl (C=O) groups is 1. The molecule has 0 unspecified atom stereocenters. The van der Waals surface area contributed by atoms with Crippen molar-refractivity contribution >= 4 is 29.0 Å². The van der Waals surface area contributed by atoms with E-state index in [1.165, 1.54) is 11.8 Å². The molecule has 0 aromatic heterocycles. The molecule has 0 spiro atoms. The van der Waals surface area contributed by atoms with Gasteiger partial charge in [0.25, 0.3) is 0 Å². The van der Waals surface area contributed by atoms with Crippen LogP contribution in [0.5, 0.6) is 0 Å². The second-order valence-electron chi connectivity index (χ2n) is 2.25. The molecule has 16 heavy (non-hydrogen) atoms. The van der Waals surface area contributed by atoms with Crippen LogP contribution in [0.3, 0.4) is 0 Å². The van der Waals surface area contributed by atoms with Crippen LogP contribution in [-0.2, 0) is 4.79 Å². The first kappa shape index (κ1) is 9.94. The number of thioether (sulfide) groups is 1. The van der Waals surface area contributed by atoms with E-state index in [0.29, 0.717) is 5.04 Å². The third-order valence-electron chi connectivity index (χ3n) is 1.08. The van der Waals surface area contributed by atoms with E-state index in [4.69, 9.17) is 14.0 Å². The lowest BCUT2D eigenvalue weighted by atomic mass is 10.7. The van der Waals surface area contributed by atoms with Gasteiger partial charge in [0.1, 0.15) is 5.04 Å². The van der Waals surface area contributed by atoms with Crippen LogP contribution in [0.15, 0.2) is 10.1 Å². The number of aliphatic imine (C=N–C) groups is 1. The van der Waals surface area contributed by atoms with E-state index in [1.54, 1.807) is 6.21 Å². The quantitative estimate of drug-likeness (QED) is 0.689. The predicted octanol–water partition coefficient (Wildman–Crippen LogP) is 0.970. The van der Waals surface area contributed by atoms with Crippen molar-refractivity contribution in [3.63, 3.8) is 0 Å². The zero-order valence-electron chi connectivity index (χ0n) is 10.8. The molecule has 0 fully saturated rings. The number of hydrogen-bond acceptors (Lipinski definition) is 5. The molecule has 92 valence electrons. The fourth-order valence-corrected chi connectivity index (χ4v) is 1.16. The molecule has 0 radical (unpaired) electrons. The number of nitrogens with one attached hydrogen (secondary N) is 1. The van der Waals surface area contributed by atoms with E-state index >= 15 is 0 Å². The van der Waals surface area contributed by atoms with Crippen molar-refractivity contribution in [1.82, 2.24) is 5.43 Å². The van der Waals surface area contributed by atoms with Gasteiger partial charge in [0.05, 0.1) is 6.21 Å². The molecule has 0 aliphatic carbocycles. The average Bonchev–Trinajstić information content (AvgIpc) is 2.26. The second kappa shape index (κ2) is 7.09. The Morgan fingerprint density at radius 3 is 2.81 bits per heavy atom. The molecular formula is C7H10F3N3O2S. The molecule has 5 nitrogen and oxygen atoms in total. The van der Waals surface area contributed by atoms with E-state index in [2.05, 4.69) is 15.5 Å². The number of hydrazone groups is 1. The number of nitrogens with zero attached hydrogens (tertiary/aromatic N) is 2. The van der Waals surface area contributed by atoms with Crippen molar-refractivity contribution in [3.8, 4) is 0 Å². The van der Waals surface area contributed by atoms with Gasteiger partial charge < -0.3 is 10.5 Å². The minimum Gasteiger partial charge on any atom is -0.475 e. The Bertz CT molecular complexity index is 371. The van der Waals surface area contributed by atoms with Crippen molar-refractivity contribution in [2.75, 3.05) is 19.3 Å². The van der Waals surface area contributed by atoms with E-state index in [0.717, 1.165) is 12.3 Å². The number of carboxylic acids is 1. The number of aliphatic carboxylic acids is 1. The number of rotatable bonds is 1. The molecular weight excluding hydrogens is 247 g/mol. The Morgan fingerprint density at radius 2 is 2.44 bits per heavy atom. The number of halogens is 3. The van der Waals surface area contributed by atoms with Gasteiger partial charge in [-0.25, -0.2) is 4.79 Å². The zero-order chi connectivity index (χ0) is 15.1. The molecule has 1 rings (SSSR count). The Hall–Kier alpha value is -1.25. The zero-order valence-corrected chi connectivity index (χ0v) is 8.60. The van der Waals surface area contributed by atoms with Gasteiger partial charge in [-0.2, -0.15) is 18.3 Å². The van der Waals surface area contributed by atoms with Crippen LogP contribution in [0.4, 0.5) is 13.2 Å². The molecule has 0 saturated carbocycles. The van der Waals surface area contributed by atoms with Gasteiger partial charge in [0.15, 0.2) is 0 Å². The Balaban J connectivity index is 0.000000399. The molecule has 0 aromatic carbocycles. The summed E-state index contributed by atoms with van der Waals surface area (Å²) in [5.41, 5.74) is 2.07. The largest absolute Gasteiger partial charge is 0.490 e. The van der Waals surface area contributed by atoms with Crippen LogP contribution in [0.1, 0.15) is 4.11 Å². The summed E-state index contributed by atoms with van der Waals surface area (Å²) in [6.45, 7) is -1.43. The highest BCUT2D eigenvalue weighted by Gasteiger charge is 2.38. The normalized spacial score (nSPS) is 21.2. The van der Waals surface area contributed by atoms with Crippen molar-refractivity contribution < 1.29 is 27.2 Å². The van der Waals surface area contributed by atoms with Gasteiger partial charge >= 0.3 is 12.1 Å². The van der Waals surface area contributed by atoms with Crippen LogP contribution < -0.4 is 5.43 Å². The molecule has 2 N–H and O–H groups in total. The van der Waals surface area contributed by atoms with Crippen molar-refractivity contribution in [2.24, 2.45) is 10.1 Å². The molecule has 9 heteroatoms. The maximum Gasteiger partial charge on any atom is 0.490 e. The van der Waals surface area contributed by atoms with E-state index < -0.39 is 19.1 Å². The van der Waals surface area contributed by atoms with Crippen LogP contribution in [-0.4, -0.2) is 47.8 Å². The highest BCUT2D eigenvalue weighted by atomic mass is 32.2. The Kier molecular flexibility index (Phi) is 4.41. The average molecular weight is 260 g/mol. The van der Waals surface area contributed by atoms with Crippen molar-refractivity contribution in [2.45, 2.75) is 6.18 Å². The Morgan fingerprint density at radius 1 is 1.81 bits per heavy atom. The molecule has 0 aromatic rings. The molecule has 0 bridgehead atoms. The van der Waals surface area contributed by atoms with Gasteiger partial charge in [0, 0.05) is 23.4 Å². The topological polar surface area (TPSA) is 74.0 Å². The smallest absolute Gasteiger partial charge is 0.475 e. The SMILES string of the molecule is O=C(O)C(F)(F)F.[2H]C([2H])([2H])NN=C1C=NCCS1. The molecule has 0 saturated heterocycles. The van der Waals surface area contributed by atoms with Gasteiger partial charge in [-0.05, 0) is 0 Å². The lowest BCUT2D eigenvalue weighted by Gasteiger charge is -2.03. The summed E-state index contributed by atoms with van der Waals surface area (Å²) in [6.07, 6.45) is -3.51. The maximum atomic E-state index is 10.6. The summed E-state index contributed by atoms with van der Waals surface area (Å²) < 4.78 is 52.2. The number of alkyl halides is 3. The molecule has 1 aliphatic heterocycles. The highest BCUT2D eigenvalue weighted by Crippen LogP contribution is 2.13. The molecule has 1 aliphatic rings. The Labute approximate surface area is 98.0 Å². The first-order chi connectivity index (χ1) is 8.52. The fourth-order valence-electron chi connectivity index (χ4n) is 0.499. The minimum atomic E-state index is -5.08. The van der Waals surface area contributed by atoms with Gasteiger partial charge in [-0.15, -0.1) is 11.8 Å². The lowest BCUT2D eigenvalue weighted by Crippen LogP contribution is -2.21. The number of hydrogen-bond donors (Lipinski definition) is 2. The predicted molar refractivity (Wildman–Crippen MR) is 56.0 cm³/mol. The summed E-state index contributed by atoms with van der Waals surface area (Å²) >= 11 is 1.49. The number of carboxylic acid groups (broad SMARTS) is 1. The lowest BCUT2D eigenvalue weighted by molar-refractivity contribution is -0.192. The van der Waals surface area contributed by atoms with Crippen molar-refractivity contribution in [3.05, 3.63) is 0 Å². The van der Waals surface area contributed by atoms with Crippen LogP contribution in [0.2, 0.25) is 0 Å². The summed E-state index contributed by atoms with van der Waals surface area (Å²) in [6, 6.07) is 0. The second-order valence-corrected chi connectivity index (χ2v) is 3.36. The molecule has 1 heterocycles. The first-order valence-corrected chi connectivity index (χ1v) is 4.78. The summed E-state index contributed by atoms with van der Waals surface area (Å²) in [7, 11) is 0. The van der Waals surface area contributed by atoms with Crippen LogP contribution in [0.25, 0.3) is 0 Å². The van der Waals surface area contributed by atoms with Crippen LogP contribution >= 0.6 is 11.8 Å². The third kappa shape index (κ3) is 7.10. The van der Waals surface area contributed by atoms with E-state index in [-0.39, 0.29) is 0 Å². The fraction of sp³-hybridized carbons (Fsp3) is 0.571. The van der Waals surface area contributed by atoms with Gasteiger partial charge in [-0.3, -0.25) is 4.99 Å². The standard InChI is InChI=1S/C5H9N3S.C2HF3O2/c1-6-8-5-4-7-2-3-9-5;3-2(4,5)1(6)7/h4,6H,2-3H2,1H3;(H,6,7)/i1D3;. The summed E-state index contributed by atoms with van der Waals surface area (Å²) in [5, 5.41) is 11.4. The third-order valence-corrected chi connectivity index (χ3v) is 1.96. The maximum absolute atomic E-state index is 10.6. The van der Waals surface area contributed by atoms with E-state index in [1.807, 2.05) is 0 Å². The summed E-state index contributed by atoms with van der Waals surface area (Å²) in [4.78, 5) is 12.9. The monoisotopic (exact) mass is 260 g/mol. The van der Waals surface area contributed by atoms with E-state index in [9.17, 15) is 13.2 Å². The van der Waals surface area contributed by atoms with Gasteiger partial charge in [0.2, 0.25) is 0 Å². The van der Waals surface area contributed by atoms with Gasteiger partial charge in [-0.1, -0.05) is 0 Å². The minimum absolute atomic E-state index is 0.623. The highest BCUT2D eigenvalue weighted by molar-refractivity contribution is 8.15. The van der Waals surface area contributed by atoms with Crippen molar-refractivity contribution in [1.29, 1.82) is 0 Å². The summed E-state index contributed by atoms with van der Waals surface area (Å²) in [5.74, 6) is -1.90.